The molecule has 0 aliphatic carbocycles. The van der Waals surface area contributed by atoms with Gasteiger partial charge in [0, 0.05) is 15.1 Å². The first-order valence-corrected chi connectivity index (χ1v) is 2.52. The molecule has 0 unspecified atom stereocenters. The van der Waals surface area contributed by atoms with Crippen molar-refractivity contribution in [3.05, 3.63) is 30.1 Å². The van der Waals surface area contributed by atoms with E-state index >= 15 is 0 Å². The van der Waals surface area contributed by atoms with E-state index in [0.717, 1.165) is 5.56 Å². The number of hydrogen-bond acceptors (Lipinski definition) is 1. The minimum absolute atomic E-state index is 0.466. The molecule has 0 spiro atoms. The summed E-state index contributed by atoms with van der Waals surface area (Å²) in [6, 6.07) is 3.70. The molecule has 1 aromatic heterocycles. The highest BCUT2D eigenvalue weighted by Crippen LogP contribution is 1.93. The summed E-state index contributed by atoms with van der Waals surface area (Å²) >= 11 is 0. The van der Waals surface area contributed by atoms with Crippen LogP contribution in [0.4, 0.5) is 0 Å². The Hall–Kier alpha value is -0.850. The average molecular weight is 109 g/mol. The lowest BCUT2D eigenvalue weighted by molar-refractivity contribution is 1.10. The van der Waals surface area contributed by atoms with Crippen LogP contribution in [0.3, 0.4) is 0 Å². The predicted octanol–water partition coefficient (Wildman–Crippen LogP) is 1.64. The van der Waals surface area contributed by atoms with Gasteiger partial charge in [-0.2, -0.15) is 0 Å². The first kappa shape index (κ1) is 3.23. The fourth-order valence-corrected chi connectivity index (χ4v) is 0.519. The molecular weight excluding hydrogens is 98.1 g/mol. The fraction of sp³-hybridized carbons (Fsp3) is 0.286. The zero-order valence-electron chi connectivity index (χ0n) is 6.54. The molecule has 0 fully saturated rings. The van der Waals surface area contributed by atoms with E-state index in [-0.39, 0.29) is 0 Å². The third-order valence-corrected chi connectivity index (χ3v) is 0.958. The molecule has 0 atom stereocenters. The monoisotopic (exact) mass is 109 g/mol. The largest absolute Gasteiger partial charge is 0.264 e. The maximum absolute atomic E-state index is 6.95. The fourth-order valence-electron chi connectivity index (χ4n) is 0.519. The van der Waals surface area contributed by atoms with E-state index in [2.05, 4.69) is 4.98 Å². The molecule has 1 heterocycles. The molecular formula is C7H9N. The van der Waals surface area contributed by atoms with Crippen LogP contribution in [0.15, 0.2) is 24.5 Å². The van der Waals surface area contributed by atoms with Crippen molar-refractivity contribution >= 4 is 0 Å². The van der Waals surface area contributed by atoms with Gasteiger partial charge in [0.1, 0.15) is 0 Å². The lowest BCUT2D eigenvalue weighted by atomic mass is 10.2. The van der Waals surface area contributed by atoms with Crippen molar-refractivity contribution in [2.45, 2.75) is 13.3 Å². The highest BCUT2D eigenvalue weighted by molar-refractivity contribution is 5.07. The van der Waals surface area contributed by atoms with Crippen LogP contribution in [0.5, 0.6) is 0 Å². The molecule has 0 radical (unpaired) electrons. The van der Waals surface area contributed by atoms with Crippen molar-refractivity contribution in [3.63, 3.8) is 0 Å². The molecule has 0 bridgehead atoms. The minimum atomic E-state index is -0.774. The zero-order chi connectivity index (χ0) is 7.40. The Morgan fingerprint density at radius 3 is 3.50 bits per heavy atom. The van der Waals surface area contributed by atoms with Crippen LogP contribution in [0.2, 0.25) is 0 Å². The number of pyridine rings is 1. The van der Waals surface area contributed by atoms with E-state index in [1.807, 2.05) is 12.1 Å². The van der Waals surface area contributed by atoms with Gasteiger partial charge in [-0.15, -0.1) is 0 Å². The van der Waals surface area contributed by atoms with Gasteiger partial charge in [-0.05, 0) is 18.1 Å². The molecule has 0 N–H and O–H groups in total. The van der Waals surface area contributed by atoms with E-state index < -0.39 is 6.88 Å². The molecule has 0 amide bonds. The van der Waals surface area contributed by atoms with Gasteiger partial charge in [-0.3, -0.25) is 4.98 Å². The maximum atomic E-state index is 6.95. The number of aromatic nitrogens is 1. The van der Waals surface area contributed by atoms with Crippen LogP contribution in [-0.2, 0) is 6.42 Å². The molecule has 1 aromatic rings. The maximum Gasteiger partial charge on any atom is 0.0299 e. The van der Waals surface area contributed by atoms with Crippen LogP contribution in [0, 0.1) is 0 Å². The molecule has 8 heavy (non-hydrogen) atoms. The molecule has 1 nitrogen and oxygen atoms in total. The highest BCUT2D eigenvalue weighted by Gasteiger charge is 1.81. The second kappa shape index (κ2) is 2.46. The molecule has 0 saturated heterocycles. The number of nitrogens with zero attached hydrogens (tertiary/aromatic N) is 1. The van der Waals surface area contributed by atoms with Crippen LogP contribution in [0.1, 0.15) is 15.2 Å². The zero-order valence-corrected chi connectivity index (χ0v) is 4.54. The lowest BCUT2D eigenvalue weighted by Crippen LogP contribution is -1.77. The summed E-state index contributed by atoms with van der Waals surface area (Å²) in [4.78, 5) is 3.87. The summed E-state index contributed by atoms with van der Waals surface area (Å²) in [7, 11) is 0. The second-order valence-electron chi connectivity index (χ2n) is 1.57. The molecule has 42 valence electrons. The third kappa shape index (κ3) is 1.06. The summed E-state index contributed by atoms with van der Waals surface area (Å²) in [5, 5.41) is 0. The third-order valence-electron chi connectivity index (χ3n) is 0.958. The van der Waals surface area contributed by atoms with E-state index in [1.165, 1.54) is 0 Å². The van der Waals surface area contributed by atoms with Crippen molar-refractivity contribution in [3.8, 4) is 0 Å². The van der Waals surface area contributed by atoms with Gasteiger partial charge in [0.25, 0.3) is 0 Å². The van der Waals surface area contributed by atoms with E-state index in [9.17, 15) is 0 Å². The molecule has 1 rings (SSSR count). The van der Waals surface area contributed by atoms with Crippen LogP contribution in [-0.4, -0.2) is 4.98 Å². The molecule has 0 saturated carbocycles. The number of rotatable bonds is 1. The number of hydrogen-bond donors (Lipinski definition) is 0. The predicted molar refractivity (Wildman–Crippen MR) is 33.6 cm³/mol. The van der Waals surface area contributed by atoms with Crippen molar-refractivity contribution in [2.24, 2.45) is 0 Å². The molecule has 0 aromatic carbocycles. The Kier molecular flexibility index (Phi) is 0.992. The first-order chi connectivity index (χ1) is 4.79. The standard InChI is InChI=1S/C7H9N/c1-2-7-4-3-5-8-6-7/h3-6H,2H2,1H3/i1D2. The van der Waals surface area contributed by atoms with E-state index in [1.54, 1.807) is 12.4 Å². The van der Waals surface area contributed by atoms with Crippen molar-refractivity contribution in [2.75, 3.05) is 0 Å². The summed E-state index contributed by atoms with van der Waals surface area (Å²) < 4.78 is 13.9. The van der Waals surface area contributed by atoms with Gasteiger partial charge in [-0.1, -0.05) is 12.9 Å². The Bertz CT molecular complexity index is 186. The van der Waals surface area contributed by atoms with Crippen LogP contribution >= 0.6 is 0 Å². The van der Waals surface area contributed by atoms with Crippen molar-refractivity contribution in [1.82, 2.24) is 4.98 Å². The Balaban J connectivity index is 2.59. The molecule has 0 aliphatic rings. The van der Waals surface area contributed by atoms with Gasteiger partial charge in [0.2, 0.25) is 0 Å². The SMILES string of the molecule is [2H]C([2H])Cc1cccnc1. The van der Waals surface area contributed by atoms with Gasteiger partial charge in [0.15, 0.2) is 0 Å². The van der Waals surface area contributed by atoms with Gasteiger partial charge in [0.05, 0.1) is 0 Å². The second-order valence-corrected chi connectivity index (χ2v) is 1.57. The van der Waals surface area contributed by atoms with Crippen LogP contribution < -0.4 is 0 Å². The van der Waals surface area contributed by atoms with Crippen molar-refractivity contribution in [1.29, 1.82) is 0 Å². The lowest BCUT2D eigenvalue weighted by Gasteiger charge is -1.88. The number of aryl methyl sites for hydroxylation is 1. The van der Waals surface area contributed by atoms with E-state index in [0.29, 0.717) is 6.42 Å². The first-order valence-electron chi connectivity index (χ1n) is 3.68. The summed E-state index contributed by atoms with van der Waals surface area (Å²) in [5.41, 5.74) is 0.956. The molecule has 1 heteroatoms. The topological polar surface area (TPSA) is 12.9 Å². The van der Waals surface area contributed by atoms with Gasteiger partial charge < -0.3 is 0 Å². The Labute approximate surface area is 52.2 Å². The summed E-state index contributed by atoms with van der Waals surface area (Å²) in [5.74, 6) is 0. The summed E-state index contributed by atoms with van der Waals surface area (Å²) in [6.45, 7) is -0.774. The van der Waals surface area contributed by atoms with Gasteiger partial charge in [-0.25, -0.2) is 0 Å². The van der Waals surface area contributed by atoms with Gasteiger partial charge >= 0.3 is 0 Å². The van der Waals surface area contributed by atoms with Crippen molar-refractivity contribution < 1.29 is 2.74 Å². The Morgan fingerprint density at radius 2 is 2.88 bits per heavy atom. The van der Waals surface area contributed by atoms with E-state index in [4.69, 9.17) is 2.74 Å². The Morgan fingerprint density at radius 1 is 1.88 bits per heavy atom. The quantitative estimate of drug-likeness (QED) is 0.534. The smallest absolute Gasteiger partial charge is 0.0299 e. The average Bonchev–Trinajstić information content (AvgIpc) is 1.88. The highest BCUT2D eigenvalue weighted by atomic mass is 14.6. The summed E-state index contributed by atoms with van der Waals surface area (Å²) in [6.07, 6.45) is 3.84. The minimum Gasteiger partial charge on any atom is -0.264 e. The molecule has 0 aliphatic heterocycles. The normalized spacial score (nSPS) is 13.1. The van der Waals surface area contributed by atoms with Crippen LogP contribution in [0.25, 0.3) is 0 Å².